The first-order valence-electron chi connectivity index (χ1n) is 10.8. The smallest absolute Gasteiger partial charge is 0.293 e. The fourth-order valence-electron chi connectivity index (χ4n) is 5.48. The lowest BCUT2D eigenvalue weighted by Gasteiger charge is -2.43. The van der Waals surface area contributed by atoms with E-state index in [0.717, 1.165) is 0 Å². The number of Topliss-reactive ketones (excluding diaryl/α,β-unsaturated/α-hetero) is 1. The summed E-state index contributed by atoms with van der Waals surface area (Å²) < 4.78 is 0. The summed E-state index contributed by atoms with van der Waals surface area (Å²) in [7, 11) is 1.60. The highest BCUT2D eigenvalue weighted by molar-refractivity contribution is 6.20. The van der Waals surface area contributed by atoms with Crippen LogP contribution in [0, 0.1) is 28.4 Å². The first-order chi connectivity index (χ1) is 16.2. The van der Waals surface area contributed by atoms with Crippen LogP contribution < -0.4 is 15.5 Å². The summed E-state index contributed by atoms with van der Waals surface area (Å²) in [5, 5.41) is 22.2. The van der Waals surface area contributed by atoms with E-state index >= 15 is 0 Å². The van der Waals surface area contributed by atoms with Crippen LogP contribution in [0.25, 0.3) is 0 Å². The van der Waals surface area contributed by atoms with Crippen molar-refractivity contribution in [2.45, 2.75) is 31.6 Å². The molecule has 0 saturated carbocycles. The maximum absolute atomic E-state index is 13.9. The summed E-state index contributed by atoms with van der Waals surface area (Å²) in [6, 6.07) is 13.8. The van der Waals surface area contributed by atoms with Gasteiger partial charge in [-0.15, -0.1) is 0 Å². The van der Waals surface area contributed by atoms with Crippen molar-refractivity contribution in [2.75, 3.05) is 16.8 Å². The molecule has 9 heteroatoms. The van der Waals surface area contributed by atoms with Gasteiger partial charge < -0.3 is 10.6 Å². The fourth-order valence-corrected chi connectivity index (χ4v) is 5.48. The Bertz CT molecular complexity index is 1420. The fraction of sp³-hybridized carbons (Fsp3) is 0.240. The molecule has 1 amide bonds. The summed E-state index contributed by atoms with van der Waals surface area (Å²) in [6.45, 7) is 1.74. The van der Waals surface area contributed by atoms with Crippen molar-refractivity contribution >= 4 is 28.8 Å². The van der Waals surface area contributed by atoms with Crippen LogP contribution in [-0.4, -0.2) is 23.7 Å². The molecule has 2 aliphatic heterocycles. The number of hydrogen-bond acceptors (Lipinski definition) is 7. The number of allylic oxidation sites excluding steroid dienone is 1. The average Bonchev–Trinajstić information content (AvgIpc) is 3.03. The molecule has 0 bridgehead atoms. The van der Waals surface area contributed by atoms with Gasteiger partial charge in [-0.05, 0) is 37.5 Å². The third-order valence-corrected chi connectivity index (χ3v) is 6.88. The van der Waals surface area contributed by atoms with Crippen molar-refractivity contribution in [2.24, 2.45) is 5.73 Å². The molecular weight excluding hydrogens is 434 g/mol. The van der Waals surface area contributed by atoms with Gasteiger partial charge in [0.15, 0.2) is 5.78 Å². The minimum absolute atomic E-state index is 0.0821. The van der Waals surface area contributed by atoms with Gasteiger partial charge in [0.25, 0.3) is 5.69 Å². The highest BCUT2D eigenvalue weighted by Gasteiger charge is 2.61. The van der Waals surface area contributed by atoms with Gasteiger partial charge in [0.2, 0.25) is 5.91 Å². The van der Waals surface area contributed by atoms with E-state index < -0.39 is 16.2 Å². The van der Waals surface area contributed by atoms with Crippen molar-refractivity contribution < 1.29 is 14.5 Å². The summed E-state index contributed by atoms with van der Waals surface area (Å²) >= 11 is 0. The number of benzene rings is 2. The molecule has 9 nitrogen and oxygen atoms in total. The molecule has 5 rings (SSSR count). The van der Waals surface area contributed by atoms with Gasteiger partial charge in [0, 0.05) is 42.1 Å². The number of nitro groups is 1. The van der Waals surface area contributed by atoms with Gasteiger partial charge in [0.05, 0.1) is 10.5 Å². The van der Waals surface area contributed by atoms with Crippen molar-refractivity contribution in [3.05, 3.63) is 86.4 Å². The molecule has 1 spiro atoms. The molecule has 1 atom stereocenters. The van der Waals surface area contributed by atoms with E-state index in [9.17, 15) is 25.0 Å². The summed E-state index contributed by atoms with van der Waals surface area (Å²) in [4.78, 5) is 41.7. The first kappa shape index (κ1) is 21.4. The van der Waals surface area contributed by atoms with E-state index in [1.165, 1.54) is 15.9 Å². The van der Waals surface area contributed by atoms with E-state index in [4.69, 9.17) is 5.73 Å². The van der Waals surface area contributed by atoms with Crippen LogP contribution in [0.2, 0.25) is 0 Å². The molecule has 2 aromatic rings. The number of anilines is 2. The number of likely N-dealkylation sites (N-methyl/N-ethyl adjacent to an activating group) is 1. The number of nitro benzene ring substituents is 1. The lowest BCUT2D eigenvalue weighted by Crippen LogP contribution is -2.52. The number of aryl methyl sites for hydroxylation is 1. The van der Waals surface area contributed by atoms with Crippen molar-refractivity contribution in [1.82, 2.24) is 0 Å². The molecule has 170 valence electrons. The summed E-state index contributed by atoms with van der Waals surface area (Å²) in [5.41, 5.74) is 7.18. The maximum Gasteiger partial charge on any atom is 0.293 e. The number of hydrogen-bond donors (Lipinski definition) is 1. The maximum atomic E-state index is 13.9. The SMILES string of the molecule is Cc1ccc(N2C(N)=C(C#N)C3(C(=O)N(C)c4ccccc43)C3=C2CCCC3=O)c([N+](=O)[O-])c1. The van der Waals surface area contributed by atoms with Gasteiger partial charge in [-0.1, -0.05) is 24.3 Å². The molecule has 0 saturated heterocycles. The minimum atomic E-state index is -1.67. The average molecular weight is 455 g/mol. The molecule has 2 N–H and O–H groups in total. The molecule has 1 aliphatic carbocycles. The lowest BCUT2D eigenvalue weighted by molar-refractivity contribution is -0.384. The topological polar surface area (TPSA) is 134 Å². The number of ketones is 1. The Hall–Kier alpha value is -4.45. The number of carbonyl (C=O) groups excluding carboxylic acids is 2. The van der Waals surface area contributed by atoms with Gasteiger partial charge in [-0.2, -0.15) is 5.26 Å². The predicted molar refractivity (Wildman–Crippen MR) is 125 cm³/mol. The Balaban J connectivity index is 1.91. The zero-order chi connectivity index (χ0) is 24.4. The van der Waals surface area contributed by atoms with Crippen LogP contribution in [-0.2, 0) is 15.0 Å². The summed E-state index contributed by atoms with van der Waals surface area (Å²) in [5.74, 6) is -0.782. The molecule has 2 aromatic carbocycles. The lowest BCUT2D eigenvalue weighted by atomic mass is 9.64. The van der Waals surface area contributed by atoms with Crippen LogP contribution in [0.15, 0.2) is 65.1 Å². The number of nitrogens with zero attached hydrogens (tertiary/aromatic N) is 4. The number of nitrogens with two attached hydrogens (primary N) is 1. The number of amides is 1. The summed E-state index contributed by atoms with van der Waals surface area (Å²) in [6.07, 6.45) is 1.10. The zero-order valence-corrected chi connectivity index (χ0v) is 18.7. The van der Waals surface area contributed by atoms with E-state index in [1.54, 1.807) is 50.4 Å². The Morgan fingerprint density at radius 1 is 1.15 bits per heavy atom. The van der Waals surface area contributed by atoms with Crippen LogP contribution in [0.1, 0.15) is 30.4 Å². The second-order valence-electron chi connectivity index (χ2n) is 8.69. The minimum Gasteiger partial charge on any atom is -0.384 e. The Labute approximate surface area is 195 Å². The molecule has 34 heavy (non-hydrogen) atoms. The molecule has 0 aromatic heterocycles. The highest BCUT2D eigenvalue weighted by atomic mass is 16.6. The van der Waals surface area contributed by atoms with Gasteiger partial charge in [-0.3, -0.25) is 24.6 Å². The van der Waals surface area contributed by atoms with Crippen molar-refractivity contribution in [1.29, 1.82) is 5.26 Å². The third kappa shape index (κ3) is 2.53. The Morgan fingerprint density at radius 3 is 2.59 bits per heavy atom. The zero-order valence-electron chi connectivity index (χ0n) is 18.7. The van der Waals surface area contributed by atoms with E-state index in [0.29, 0.717) is 35.4 Å². The van der Waals surface area contributed by atoms with Gasteiger partial charge >= 0.3 is 0 Å². The molecule has 0 radical (unpaired) electrons. The van der Waals surface area contributed by atoms with Crippen molar-refractivity contribution in [3.63, 3.8) is 0 Å². The number of carbonyl (C=O) groups is 2. The van der Waals surface area contributed by atoms with E-state index in [2.05, 4.69) is 6.07 Å². The normalized spacial score (nSPS) is 21.7. The standard InChI is InChI=1S/C25H21N5O4/c1-14-10-11-18(20(12-14)30(33)34)29-19-8-5-9-21(31)22(19)25(16(13-26)23(29)27)15-6-3-4-7-17(15)28(2)24(25)32/h3-4,6-7,10-12H,5,8-9,27H2,1-2H3. The number of rotatable bonds is 2. The predicted octanol–water partition coefficient (Wildman–Crippen LogP) is 3.34. The monoisotopic (exact) mass is 455 g/mol. The van der Waals surface area contributed by atoms with Crippen molar-refractivity contribution in [3.8, 4) is 6.07 Å². The van der Waals surface area contributed by atoms with Gasteiger partial charge in [0.1, 0.15) is 23.0 Å². The highest BCUT2D eigenvalue weighted by Crippen LogP contribution is 2.56. The largest absolute Gasteiger partial charge is 0.384 e. The van der Waals surface area contributed by atoms with Crippen LogP contribution in [0.4, 0.5) is 17.1 Å². The van der Waals surface area contributed by atoms with Crippen LogP contribution in [0.5, 0.6) is 0 Å². The van der Waals surface area contributed by atoms with E-state index in [1.807, 2.05) is 0 Å². The number of fused-ring (bicyclic) bond motifs is 3. The number of para-hydroxylation sites is 1. The molecule has 0 fully saturated rings. The Kier molecular flexibility index (Phi) is 4.58. The Morgan fingerprint density at radius 2 is 1.88 bits per heavy atom. The van der Waals surface area contributed by atoms with Crippen LogP contribution >= 0.6 is 0 Å². The first-order valence-corrected chi connectivity index (χ1v) is 10.8. The van der Waals surface area contributed by atoms with Gasteiger partial charge in [-0.25, -0.2) is 0 Å². The molecule has 2 heterocycles. The molecule has 1 unspecified atom stereocenters. The second-order valence-corrected chi connectivity index (χ2v) is 8.69. The van der Waals surface area contributed by atoms with E-state index in [-0.39, 0.29) is 40.5 Å². The molecule has 3 aliphatic rings. The van der Waals surface area contributed by atoms with Crippen LogP contribution in [0.3, 0.4) is 0 Å². The molecular formula is C25H21N5O4. The second kappa shape index (κ2) is 7.28. The quantitative estimate of drug-likeness (QED) is 0.542. The third-order valence-electron chi connectivity index (χ3n) is 6.88. The number of nitriles is 1.